The van der Waals surface area contributed by atoms with E-state index in [0.29, 0.717) is 23.8 Å². The standard InChI is InChI=1S/C36H32F6O10S2/c1-3-53(46,47)27-11-5-22(6-12-27)17-24-18-25(35(37,38)39)9-15-30(24)50-20-32(43)52-33(44)21-51-31-16-10-26(36(40,41)42)19-29(31)34(45)23-7-13-28(14-8-23)54(48,49)4-2/h5-16,18-19,34,45H,3-4,17,20-21H2,1-2H3. The van der Waals surface area contributed by atoms with E-state index in [4.69, 9.17) is 9.47 Å². The lowest BCUT2D eigenvalue weighted by atomic mass is 9.98. The fourth-order valence-electron chi connectivity index (χ4n) is 4.97. The second-order valence-corrected chi connectivity index (χ2v) is 16.1. The first-order chi connectivity index (χ1) is 25.1. The minimum atomic E-state index is -4.84. The fraction of sp³-hybridized carbons (Fsp3) is 0.278. The number of esters is 2. The third kappa shape index (κ3) is 10.6. The first kappa shape index (κ1) is 41.8. The Kier molecular flexibility index (Phi) is 12.9. The van der Waals surface area contributed by atoms with Gasteiger partial charge in [-0.25, -0.2) is 26.4 Å². The third-order valence-corrected chi connectivity index (χ3v) is 11.4. The van der Waals surface area contributed by atoms with Crippen LogP contribution >= 0.6 is 0 Å². The van der Waals surface area contributed by atoms with E-state index in [0.717, 1.165) is 18.2 Å². The highest BCUT2D eigenvalue weighted by atomic mass is 32.2. The van der Waals surface area contributed by atoms with Gasteiger partial charge in [-0.15, -0.1) is 0 Å². The molecule has 0 aliphatic rings. The molecule has 0 radical (unpaired) electrons. The lowest BCUT2D eigenvalue weighted by molar-refractivity contribution is -0.162. The molecule has 0 heterocycles. The molecule has 54 heavy (non-hydrogen) atoms. The molecule has 0 aliphatic carbocycles. The average molecular weight is 803 g/mol. The SMILES string of the molecule is CCS(=O)(=O)c1ccc(Cc2cc(C(F)(F)F)ccc2OCC(=O)OC(=O)COc2ccc(C(F)(F)F)cc2C(O)c2ccc(S(=O)(=O)CC)cc2)cc1. The second kappa shape index (κ2) is 16.6. The van der Waals surface area contributed by atoms with Crippen molar-refractivity contribution in [3.05, 3.63) is 118 Å². The Morgan fingerprint density at radius 2 is 1.09 bits per heavy atom. The molecule has 1 atom stereocenters. The molecule has 0 bridgehead atoms. The van der Waals surface area contributed by atoms with Crippen LogP contribution in [0.4, 0.5) is 26.3 Å². The van der Waals surface area contributed by atoms with Crippen LogP contribution in [-0.2, 0) is 52.8 Å². The molecule has 0 saturated heterocycles. The minimum absolute atomic E-state index is 0.00628. The molecular weight excluding hydrogens is 771 g/mol. The van der Waals surface area contributed by atoms with Crippen LogP contribution in [0.3, 0.4) is 0 Å². The highest BCUT2D eigenvalue weighted by molar-refractivity contribution is 7.91. The topological polar surface area (TPSA) is 150 Å². The van der Waals surface area contributed by atoms with Crippen molar-refractivity contribution in [1.82, 2.24) is 0 Å². The Labute approximate surface area is 306 Å². The lowest BCUT2D eigenvalue weighted by Gasteiger charge is -2.19. The van der Waals surface area contributed by atoms with Crippen LogP contribution in [0.25, 0.3) is 0 Å². The number of hydrogen-bond acceptors (Lipinski definition) is 10. The summed E-state index contributed by atoms with van der Waals surface area (Å²) in [5.41, 5.74) is -2.28. The van der Waals surface area contributed by atoms with E-state index in [1.54, 1.807) is 0 Å². The van der Waals surface area contributed by atoms with Crippen molar-refractivity contribution in [2.45, 2.75) is 48.5 Å². The molecule has 4 rings (SSSR count). The van der Waals surface area contributed by atoms with Gasteiger partial charge in [-0.3, -0.25) is 0 Å². The second-order valence-electron chi connectivity index (χ2n) is 11.6. The summed E-state index contributed by atoms with van der Waals surface area (Å²) in [5, 5.41) is 11.0. The molecule has 0 aliphatic heterocycles. The van der Waals surface area contributed by atoms with Crippen LogP contribution in [0.5, 0.6) is 11.5 Å². The molecule has 4 aromatic rings. The molecule has 0 spiro atoms. The summed E-state index contributed by atoms with van der Waals surface area (Å²) in [6.45, 7) is 0.864. The summed E-state index contributed by atoms with van der Waals surface area (Å²) in [5.74, 6) is -3.61. The van der Waals surface area contributed by atoms with Gasteiger partial charge < -0.3 is 19.3 Å². The Morgan fingerprint density at radius 3 is 1.57 bits per heavy atom. The van der Waals surface area contributed by atoms with E-state index in [-0.39, 0.29) is 44.6 Å². The minimum Gasteiger partial charge on any atom is -0.482 e. The molecule has 0 aromatic heterocycles. The number of hydrogen-bond donors (Lipinski definition) is 1. The number of aliphatic hydroxyl groups is 1. The molecule has 0 saturated carbocycles. The number of carbonyl (C=O) groups excluding carboxylic acids is 2. The van der Waals surface area contributed by atoms with Gasteiger partial charge in [-0.2, -0.15) is 26.3 Å². The van der Waals surface area contributed by atoms with E-state index in [2.05, 4.69) is 4.74 Å². The van der Waals surface area contributed by atoms with Gasteiger partial charge in [0.05, 0.1) is 32.4 Å². The summed E-state index contributed by atoms with van der Waals surface area (Å²) >= 11 is 0. The van der Waals surface area contributed by atoms with E-state index in [9.17, 15) is 57.9 Å². The van der Waals surface area contributed by atoms with Gasteiger partial charge in [0.1, 0.15) is 17.6 Å². The van der Waals surface area contributed by atoms with Gasteiger partial charge in [0.25, 0.3) is 0 Å². The number of benzene rings is 4. The third-order valence-electron chi connectivity index (χ3n) is 7.93. The van der Waals surface area contributed by atoms with E-state index >= 15 is 0 Å². The maximum atomic E-state index is 13.5. The van der Waals surface area contributed by atoms with Crippen LogP contribution < -0.4 is 9.47 Å². The van der Waals surface area contributed by atoms with E-state index < -0.39 is 85.7 Å². The van der Waals surface area contributed by atoms with Crippen LogP contribution in [0, 0.1) is 0 Å². The number of rotatable bonds is 14. The smallest absolute Gasteiger partial charge is 0.416 e. The van der Waals surface area contributed by atoms with Crippen molar-refractivity contribution in [2.75, 3.05) is 24.7 Å². The van der Waals surface area contributed by atoms with Crippen molar-refractivity contribution in [1.29, 1.82) is 0 Å². The number of ether oxygens (including phenoxy) is 3. The van der Waals surface area contributed by atoms with E-state index in [1.165, 1.54) is 62.4 Å². The predicted molar refractivity (Wildman–Crippen MR) is 180 cm³/mol. The Balaban J connectivity index is 1.46. The summed E-state index contributed by atoms with van der Waals surface area (Å²) in [6.07, 6.45) is -11.5. The first-order valence-corrected chi connectivity index (χ1v) is 19.2. The first-order valence-electron chi connectivity index (χ1n) is 15.9. The fourth-order valence-corrected chi connectivity index (χ4v) is 6.74. The molecule has 0 fully saturated rings. The van der Waals surface area contributed by atoms with Crippen LogP contribution in [0.1, 0.15) is 53.3 Å². The molecule has 1 N–H and O–H groups in total. The van der Waals surface area contributed by atoms with Crippen molar-refractivity contribution in [2.24, 2.45) is 0 Å². The van der Waals surface area contributed by atoms with Gasteiger partial charge in [-0.05, 0) is 77.4 Å². The molecule has 0 amide bonds. The van der Waals surface area contributed by atoms with Gasteiger partial charge in [0.2, 0.25) is 0 Å². The van der Waals surface area contributed by atoms with Crippen LogP contribution in [0.2, 0.25) is 0 Å². The number of carbonyl (C=O) groups is 2. The molecular formula is C36H32F6O10S2. The maximum absolute atomic E-state index is 13.5. The van der Waals surface area contributed by atoms with E-state index in [1.807, 2.05) is 0 Å². The zero-order valence-corrected chi connectivity index (χ0v) is 30.0. The van der Waals surface area contributed by atoms with Crippen LogP contribution in [0.15, 0.2) is 94.7 Å². The Morgan fingerprint density at radius 1 is 0.648 bits per heavy atom. The zero-order valence-electron chi connectivity index (χ0n) is 28.4. The number of aliphatic hydroxyl groups excluding tert-OH is 1. The van der Waals surface area contributed by atoms with Gasteiger partial charge in [0.15, 0.2) is 32.9 Å². The van der Waals surface area contributed by atoms with Crippen molar-refractivity contribution < 1.29 is 72.1 Å². The lowest BCUT2D eigenvalue weighted by Crippen LogP contribution is -2.24. The van der Waals surface area contributed by atoms with Gasteiger partial charge in [0, 0.05) is 12.0 Å². The van der Waals surface area contributed by atoms with Crippen LogP contribution in [-0.4, -0.2) is 58.6 Å². The van der Waals surface area contributed by atoms with Crippen molar-refractivity contribution in [3.8, 4) is 11.5 Å². The molecule has 4 aromatic carbocycles. The maximum Gasteiger partial charge on any atom is 0.416 e. The average Bonchev–Trinajstić information content (AvgIpc) is 3.12. The van der Waals surface area contributed by atoms with Gasteiger partial charge >= 0.3 is 24.3 Å². The Bertz CT molecular complexity index is 2200. The van der Waals surface area contributed by atoms with Gasteiger partial charge in [-0.1, -0.05) is 38.1 Å². The largest absolute Gasteiger partial charge is 0.482 e. The summed E-state index contributed by atoms with van der Waals surface area (Å²) in [6, 6.07) is 14.6. The number of sulfone groups is 2. The number of halogens is 6. The molecule has 10 nitrogen and oxygen atoms in total. The number of alkyl halides is 6. The highest BCUT2D eigenvalue weighted by Gasteiger charge is 2.33. The monoisotopic (exact) mass is 802 g/mol. The van der Waals surface area contributed by atoms with Crippen molar-refractivity contribution >= 4 is 31.6 Å². The highest BCUT2D eigenvalue weighted by Crippen LogP contribution is 2.37. The molecule has 290 valence electrons. The molecule has 18 heteroatoms. The zero-order chi connectivity index (χ0) is 40.1. The quantitative estimate of drug-likeness (QED) is 0.0850. The summed E-state index contributed by atoms with van der Waals surface area (Å²) < 4.78 is 145. The summed E-state index contributed by atoms with van der Waals surface area (Å²) in [4.78, 5) is 24.9. The normalized spacial score (nSPS) is 12.9. The predicted octanol–water partition coefficient (Wildman–Crippen LogP) is 6.51. The van der Waals surface area contributed by atoms with Crippen molar-refractivity contribution in [3.63, 3.8) is 0 Å². The Hall–Kier alpha value is -4.94. The molecule has 1 unspecified atom stereocenters. The summed E-state index contributed by atoms with van der Waals surface area (Å²) in [7, 11) is -7.15.